The van der Waals surface area contributed by atoms with E-state index in [0.717, 1.165) is 32.1 Å². The van der Waals surface area contributed by atoms with Gasteiger partial charge >= 0.3 is 29.6 Å². The molecular weight excluding hydrogens is 347 g/mol. The van der Waals surface area contributed by atoms with Crippen LogP contribution in [-0.4, -0.2) is 29.9 Å². The fourth-order valence-electron chi connectivity index (χ4n) is 3.16. The number of aliphatic hydroxyl groups excluding tert-OH is 1. The third-order valence-electron chi connectivity index (χ3n) is 4.80. The molecule has 0 aromatic rings. The first-order valence-electron chi connectivity index (χ1n) is 10.1. The summed E-state index contributed by atoms with van der Waals surface area (Å²) in [6, 6.07) is 0. The van der Waals surface area contributed by atoms with Crippen LogP contribution in [0.15, 0.2) is 0 Å². The van der Waals surface area contributed by atoms with Gasteiger partial charge in [-0.2, -0.15) is 0 Å². The number of unbranched alkanes of at least 4 members (excludes halogenated alkanes) is 13. The van der Waals surface area contributed by atoms with Crippen molar-refractivity contribution >= 4 is 10.1 Å². The summed E-state index contributed by atoms with van der Waals surface area (Å²) in [6.45, 7) is 2.10. The number of hydrogen-bond donors (Lipinski definition) is 1. The van der Waals surface area contributed by atoms with Crippen LogP contribution in [0.1, 0.15) is 110 Å². The van der Waals surface area contributed by atoms with Crippen LogP contribution in [0.25, 0.3) is 0 Å². The SMILES string of the molecule is CCC(CCCCCCCCCCCCCCCCO)S(=O)(=O)[O-].[Na+]. The molecule has 0 saturated carbocycles. The zero-order chi connectivity index (χ0) is 18.1. The molecule has 0 spiro atoms. The zero-order valence-electron chi connectivity index (χ0n) is 16.7. The van der Waals surface area contributed by atoms with Gasteiger partial charge in [-0.1, -0.05) is 90.4 Å². The van der Waals surface area contributed by atoms with Crippen LogP contribution in [0.3, 0.4) is 0 Å². The van der Waals surface area contributed by atoms with Crippen LogP contribution >= 0.6 is 0 Å². The van der Waals surface area contributed by atoms with E-state index in [2.05, 4.69) is 0 Å². The monoisotopic (exact) mass is 386 g/mol. The van der Waals surface area contributed by atoms with Gasteiger partial charge in [-0.15, -0.1) is 0 Å². The molecule has 25 heavy (non-hydrogen) atoms. The summed E-state index contributed by atoms with van der Waals surface area (Å²) < 4.78 is 32.9. The Kier molecular flexibility index (Phi) is 22.0. The maximum atomic E-state index is 11.0. The van der Waals surface area contributed by atoms with Gasteiger partial charge in [0, 0.05) is 11.9 Å². The van der Waals surface area contributed by atoms with Crippen molar-refractivity contribution in [3.63, 3.8) is 0 Å². The smallest absolute Gasteiger partial charge is 0.748 e. The van der Waals surface area contributed by atoms with E-state index in [1.807, 2.05) is 0 Å². The summed E-state index contributed by atoms with van der Waals surface area (Å²) in [7, 11) is -4.10. The Bertz CT molecular complexity index is 360. The van der Waals surface area contributed by atoms with Crippen LogP contribution < -0.4 is 29.6 Å². The van der Waals surface area contributed by atoms with Crippen molar-refractivity contribution < 1.29 is 47.6 Å². The molecule has 0 radical (unpaired) electrons. The minimum absolute atomic E-state index is 0. The molecule has 0 aromatic heterocycles. The van der Waals surface area contributed by atoms with Gasteiger partial charge in [0.25, 0.3) is 0 Å². The summed E-state index contributed by atoms with van der Waals surface area (Å²) >= 11 is 0. The van der Waals surface area contributed by atoms with E-state index in [-0.39, 0.29) is 29.6 Å². The molecule has 0 aliphatic heterocycles. The van der Waals surface area contributed by atoms with Gasteiger partial charge in [0.2, 0.25) is 0 Å². The molecule has 1 N–H and O–H groups in total. The largest absolute Gasteiger partial charge is 1.00 e. The predicted octanol–water partition coefficient (Wildman–Crippen LogP) is 2.16. The van der Waals surface area contributed by atoms with Crippen molar-refractivity contribution in [3.05, 3.63) is 0 Å². The van der Waals surface area contributed by atoms with Gasteiger partial charge < -0.3 is 9.66 Å². The third-order valence-corrected chi connectivity index (χ3v) is 6.18. The third kappa shape index (κ3) is 19.4. The van der Waals surface area contributed by atoms with Gasteiger partial charge in [0.15, 0.2) is 0 Å². The molecule has 0 saturated heterocycles. The van der Waals surface area contributed by atoms with E-state index < -0.39 is 15.4 Å². The van der Waals surface area contributed by atoms with Crippen LogP contribution in [0.4, 0.5) is 0 Å². The van der Waals surface area contributed by atoms with Crippen LogP contribution in [0.5, 0.6) is 0 Å². The first-order valence-corrected chi connectivity index (χ1v) is 11.5. The van der Waals surface area contributed by atoms with Crippen molar-refractivity contribution in [1.29, 1.82) is 0 Å². The van der Waals surface area contributed by atoms with Crippen LogP contribution in [0, 0.1) is 0 Å². The zero-order valence-corrected chi connectivity index (χ0v) is 19.5. The predicted molar refractivity (Wildman–Crippen MR) is 100 cm³/mol. The standard InChI is InChI=1S/C19H40O4S.Na/c1-2-19(24(21,22)23)17-15-13-11-9-7-5-3-4-6-8-10-12-14-16-18-20;/h19-20H,2-18H2,1H3,(H,21,22,23);/q;+1/p-1. The Hall–Kier alpha value is 0.870. The molecule has 0 aromatic carbocycles. The van der Waals surface area contributed by atoms with E-state index in [1.165, 1.54) is 57.8 Å². The van der Waals surface area contributed by atoms with Crippen LogP contribution in [-0.2, 0) is 10.1 Å². The van der Waals surface area contributed by atoms with Gasteiger partial charge in [-0.05, 0) is 19.3 Å². The molecular formula is C19H39NaO4S. The van der Waals surface area contributed by atoms with Gasteiger partial charge in [0.05, 0.1) is 10.1 Å². The summed E-state index contributed by atoms with van der Waals surface area (Å²) in [5.74, 6) is 0. The maximum Gasteiger partial charge on any atom is 1.00 e. The Morgan fingerprint density at radius 1 is 0.720 bits per heavy atom. The molecule has 0 bridgehead atoms. The van der Waals surface area contributed by atoms with E-state index in [9.17, 15) is 13.0 Å². The fraction of sp³-hybridized carbons (Fsp3) is 1.00. The second-order valence-corrected chi connectivity index (χ2v) is 8.64. The Morgan fingerprint density at radius 3 is 1.32 bits per heavy atom. The van der Waals surface area contributed by atoms with Gasteiger partial charge in [-0.3, -0.25) is 0 Å². The fourth-order valence-corrected chi connectivity index (χ4v) is 4.02. The maximum absolute atomic E-state index is 11.0. The molecule has 0 amide bonds. The van der Waals surface area contributed by atoms with Crippen molar-refractivity contribution in [3.8, 4) is 0 Å². The molecule has 4 nitrogen and oxygen atoms in total. The second-order valence-electron chi connectivity index (χ2n) is 6.99. The van der Waals surface area contributed by atoms with Crippen molar-refractivity contribution in [2.75, 3.05) is 6.61 Å². The van der Waals surface area contributed by atoms with E-state index >= 15 is 0 Å². The van der Waals surface area contributed by atoms with Crippen molar-refractivity contribution in [1.82, 2.24) is 0 Å². The Balaban J connectivity index is 0. The molecule has 0 aliphatic rings. The average molecular weight is 387 g/mol. The van der Waals surface area contributed by atoms with Gasteiger partial charge in [-0.25, -0.2) is 8.42 Å². The number of aliphatic hydroxyl groups is 1. The summed E-state index contributed by atoms with van der Waals surface area (Å²) in [5.41, 5.74) is 0. The van der Waals surface area contributed by atoms with Crippen molar-refractivity contribution in [2.45, 2.75) is 115 Å². The number of rotatable bonds is 18. The summed E-state index contributed by atoms with van der Waals surface area (Å²) in [4.78, 5) is 0. The van der Waals surface area contributed by atoms with E-state index in [0.29, 0.717) is 19.4 Å². The quantitative estimate of drug-likeness (QED) is 0.222. The molecule has 0 aliphatic carbocycles. The topological polar surface area (TPSA) is 77.4 Å². The number of hydrogen-bond acceptors (Lipinski definition) is 4. The normalized spacial score (nSPS) is 12.8. The molecule has 1 atom stereocenters. The Morgan fingerprint density at radius 2 is 1.04 bits per heavy atom. The molecule has 6 heteroatoms. The van der Waals surface area contributed by atoms with E-state index in [4.69, 9.17) is 5.11 Å². The average Bonchev–Trinajstić information content (AvgIpc) is 2.53. The molecule has 0 rings (SSSR count). The van der Waals surface area contributed by atoms with Crippen molar-refractivity contribution in [2.24, 2.45) is 0 Å². The molecule has 0 fully saturated rings. The first kappa shape index (κ1) is 28.1. The minimum Gasteiger partial charge on any atom is -0.748 e. The summed E-state index contributed by atoms with van der Waals surface area (Å²) in [6.07, 6.45) is 17.8. The van der Waals surface area contributed by atoms with E-state index in [1.54, 1.807) is 6.92 Å². The Labute approximate surface area is 178 Å². The second kappa shape index (κ2) is 19.6. The van der Waals surface area contributed by atoms with Crippen LogP contribution in [0.2, 0.25) is 0 Å². The molecule has 146 valence electrons. The van der Waals surface area contributed by atoms with Gasteiger partial charge in [0.1, 0.15) is 0 Å². The minimum atomic E-state index is -4.10. The molecule has 0 heterocycles. The first-order chi connectivity index (χ1) is 11.5. The summed E-state index contributed by atoms with van der Waals surface area (Å²) in [5, 5.41) is 8.01. The molecule has 1 unspecified atom stereocenters.